The van der Waals surface area contributed by atoms with Crippen LogP contribution < -0.4 is 10.6 Å². The van der Waals surface area contributed by atoms with Gasteiger partial charge in [-0.05, 0) is 18.6 Å². The Morgan fingerprint density at radius 1 is 1.64 bits per heavy atom. The molecular weight excluding hydrogens is 134 g/mol. The predicted molar refractivity (Wildman–Crippen MR) is 48.3 cm³/mol. The van der Waals surface area contributed by atoms with Gasteiger partial charge in [-0.15, -0.1) is 0 Å². The Bertz CT molecular complexity index is 363. The Labute approximate surface area is 66.4 Å². The summed E-state index contributed by atoms with van der Waals surface area (Å²) in [6.45, 7) is 9.49. The molecule has 0 aromatic carbocycles. The molecular formula is C10H11N. The lowest BCUT2D eigenvalue weighted by molar-refractivity contribution is 1.22. The molecule has 0 saturated heterocycles. The Kier molecular flexibility index (Phi) is 2.21. The summed E-state index contributed by atoms with van der Waals surface area (Å²) in [5, 5.41) is 1.88. The van der Waals surface area contributed by atoms with Crippen LogP contribution in [-0.4, -0.2) is 4.98 Å². The van der Waals surface area contributed by atoms with Gasteiger partial charge in [-0.25, -0.2) is 0 Å². The Balaban J connectivity index is 3.59. The molecule has 0 spiro atoms. The summed E-state index contributed by atoms with van der Waals surface area (Å²) in [6.07, 6.45) is 3.55. The average molecular weight is 145 g/mol. The summed E-state index contributed by atoms with van der Waals surface area (Å²) in [4.78, 5) is 4.07. The van der Waals surface area contributed by atoms with Gasteiger partial charge < -0.3 is 0 Å². The summed E-state index contributed by atoms with van der Waals surface area (Å²) >= 11 is 0. The first-order chi connectivity index (χ1) is 5.25. The summed E-state index contributed by atoms with van der Waals surface area (Å²) in [5.41, 5.74) is 1.11. The maximum absolute atomic E-state index is 4.07. The van der Waals surface area contributed by atoms with Crippen LogP contribution in [0.4, 0.5) is 0 Å². The number of pyridine rings is 1. The lowest BCUT2D eigenvalue weighted by Crippen LogP contribution is -2.27. The number of allylic oxidation sites excluding steroid dienone is 1. The predicted octanol–water partition coefficient (Wildman–Crippen LogP) is 0.849. The third kappa shape index (κ3) is 1.55. The monoisotopic (exact) mass is 145 g/mol. The van der Waals surface area contributed by atoms with Gasteiger partial charge in [-0.3, -0.25) is 4.98 Å². The van der Waals surface area contributed by atoms with Crippen LogP contribution in [0.5, 0.6) is 0 Å². The van der Waals surface area contributed by atoms with Crippen LogP contribution in [0.1, 0.15) is 6.92 Å². The third-order valence-electron chi connectivity index (χ3n) is 1.62. The molecule has 1 aromatic rings. The van der Waals surface area contributed by atoms with Crippen molar-refractivity contribution in [2.45, 2.75) is 6.92 Å². The molecule has 1 heteroatoms. The molecule has 1 heterocycles. The largest absolute Gasteiger partial charge is 0.257 e. The van der Waals surface area contributed by atoms with Crippen molar-refractivity contribution in [3.8, 4) is 0 Å². The minimum absolute atomic E-state index is 0.810. The van der Waals surface area contributed by atoms with Gasteiger partial charge in [0.2, 0.25) is 0 Å². The van der Waals surface area contributed by atoms with E-state index in [2.05, 4.69) is 18.1 Å². The SMILES string of the molecule is C=C/C(C)=c1/cccnc1=C. The molecule has 0 fully saturated rings. The summed E-state index contributed by atoms with van der Waals surface area (Å²) in [5.74, 6) is 0. The van der Waals surface area contributed by atoms with Crippen molar-refractivity contribution in [3.63, 3.8) is 0 Å². The van der Waals surface area contributed by atoms with Crippen molar-refractivity contribution < 1.29 is 0 Å². The molecule has 0 atom stereocenters. The first kappa shape index (κ1) is 7.73. The molecule has 0 amide bonds. The smallest absolute Gasteiger partial charge is 0.0632 e. The average Bonchev–Trinajstić information content (AvgIpc) is 2.04. The topological polar surface area (TPSA) is 12.9 Å². The summed E-state index contributed by atoms with van der Waals surface area (Å²) in [6, 6.07) is 3.89. The second-order valence-corrected chi connectivity index (χ2v) is 2.38. The lowest BCUT2D eigenvalue weighted by atomic mass is 10.2. The van der Waals surface area contributed by atoms with Crippen molar-refractivity contribution in [2.24, 2.45) is 0 Å². The van der Waals surface area contributed by atoms with Crippen LogP contribution in [0.15, 0.2) is 31.0 Å². The van der Waals surface area contributed by atoms with Gasteiger partial charge in [0.1, 0.15) is 0 Å². The second kappa shape index (κ2) is 3.15. The zero-order chi connectivity index (χ0) is 8.27. The first-order valence-corrected chi connectivity index (χ1v) is 3.49. The van der Waals surface area contributed by atoms with Gasteiger partial charge in [-0.2, -0.15) is 0 Å². The fourth-order valence-electron chi connectivity index (χ4n) is 0.907. The van der Waals surface area contributed by atoms with Crippen molar-refractivity contribution >= 4 is 12.2 Å². The highest BCUT2D eigenvalue weighted by atomic mass is 14.6. The van der Waals surface area contributed by atoms with Gasteiger partial charge in [0.25, 0.3) is 0 Å². The maximum Gasteiger partial charge on any atom is 0.0632 e. The zero-order valence-corrected chi connectivity index (χ0v) is 6.67. The van der Waals surface area contributed by atoms with Crippen molar-refractivity contribution in [1.82, 2.24) is 4.98 Å². The van der Waals surface area contributed by atoms with E-state index >= 15 is 0 Å². The fourth-order valence-corrected chi connectivity index (χ4v) is 0.907. The molecule has 0 radical (unpaired) electrons. The van der Waals surface area contributed by atoms with Crippen molar-refractivity contribution in [1.29, 1.82) is 0 Å². The van der Waals surface area contributed by atoms with E-state index in [9.17, 15) is 0 Å². The quantitative estimate of drug-likeness (QED) is 0.571. The number of nitrogens with zero attached hydrogens (tertiary/aromatic N) is 1. The van der Waals surface area contributed by atoms with Crippen LogP contribution in [0.2, 0.25) is 0 Å². The third-order valence-corrected chi connectivity index (χ3v) is 1.62. The van der Waals surface area contributed by atoms with E-state index in [1.165, 1.54) is 0 Å². The number of hydrogen-bond donors (Lipinski definition) is 0. The van der Waals surface area contributed by atoms with E-state index in [-0.39, 0.29) is 0 Å². The van der Waals surface area contributed by atoms with E-state index in [1.807, 2.05) is 25.1 Å². The van der Waals surface area contributed by atoms with E-state index in [0.717, 1.165) is 16.1 Å². The van der Waals surface area contributed by atoms with E-state index < -0.39 is 0 Å². The molecule has 0 unspecified atom stereocenters. The fraction of sp³-hybridized carbons (Fsp3) is 0.100. The van der Waals surface area contributed by atoms with Crippen LogP contribution in [0.3, 0.4) is 0 Å². The van der Waals surface area contributed by atoms with Crippen LogP contribution in [0.25, 0.3) is 12.2 Å². The molecule has 0 bridgehead atoms. The highest BCUT2D eigenvalue weighted by Gasteiger charge is 1.84. The van der Waals surface area contributed by atoms with Gasteiger partial charge >= 0.3 is 0 Å². The maximum atomic E-state index is 4.07. The van der Waals surface area contributed by atoms with E-state index in [1.54, 1.807) is 6.20 Å². The Morgan fingerprint density at radius 2 is 2.36 bits per heavy atom. The molecule has 11 heavy (non-hydrogen) atoms. The number of aromatic nitrogens is 1. The second-order valence-electron chi connectivity index (χ2n) is 2.38. The molecule has 0 aliphatic carbocycles. The van der Waals surface area contributed by atoms with Gasteiger partial charge in [0.05, 0.1) is 5.35 Å². The number of hydrogen-bond acceptors (Lipinski definition) is 1. The minimum Gasteiger partial charge on any atom is -0.257 e. The Morgan fingerprint density at radius 3 is 2.91 bits per heavy atom. The normalized spacial score (nSPS) is 12.5. The van der Waals surface area contributed by atoms with Crippen molar-refractivity contribution in [2.75, 3.05) is 0 Å². The highest BCUT2D eigenvalue weighted by Crippen LogP contribution is 1.86. The standard InChI is InChI=1S/C10H11N/c1-4-8(2)10-6-5-7-11-9(10)3/h4-7H,1,3H2,2H3/b10-8-. The molecule has 56 valence electrons. The summed E-state index contributed by atoms with van der Waals surface area (Å²) in [7, 11) is 0. The molecule has 1 aromatic heterocycles. The highest BCUT2D eigenvalue weighted by molar-refractivity contribution is 5.52. The van der Waals surface area contributed by atoms with Crippen LogP contribution in [-0.2, 0) is 0 Å². The van der Waals surface area contributed by atoms with Crippen LogP contribution in [0, 0.1) is 0 Å². The molecule has 0 aliphatic rings. The Hall–Kier alpha value is -1.37. The molecule has 0 aliphatic heterocycles. The van der Waals surface area contributed by atoms with E-state index in [4.69, 9.17) is 0 Å². The minimum atomic E-state index is 0.810. The first-order valence-electron chi connectivity index (χ1n) is 3.49. The van der Waals surface area contributed by atoms with Crippen LogP contribution >= 0.6 is 0 Å². The van der Waals surface area contributed by atoms with Gasteiger partial charge in [0.15, 0.2) is 0 Å². The zero-order valence-electron chi connectivity index (χ0n) is 6.67. The molecule has 0 N–H and O–H groups in total. The van der Waals surface area contributed by atoms with Crippen molar-refractivity contribution in [3.05, 3.63) is 41.6 Å². The summed E-state index contributed by atoms with van der Waals surface area (Å²) < 4.78 is 0. The molecule has 1 rings (SSSR count). The van der Waals surface area contributed by atoms with Gasteiger partial charge in [-0.1, -0.05) is 25.3 Å². The number of rotatable bonds is 1. The molecule has 1 nitrogen and oxygen atoms in total. The lowest BCUT2D eigenvalue weighted by Gasteiger charge is -1.90. The van der Waals surface area contributed by atoms with Gasteiger partial charge in [0, 0.05) is 11.4 Å². The van der Waals surface area contributed by atoms with E-state index in [0.29, 0.717) is 0 Å². The molecule has 0 saturated carbocycles.